The smallest absolute Gasteiger partial charge is 0.384 e. The minimum Gasteiger partial charge on any atom is -0.384 e. The molecule has 1 aromatic rings. The van der Waals surface area contributed by atoms with Crippen molar-refractivity contribution in [2.24, 2.45) is 11.7 Å². The third-order valence-electron chi connectivity index (χ3n) is 6.17. The van der Waals surface area contributed by atoms with Crippen LogP contribution in [-0.4, -0.2) is 41.2 Å². The summed E-state index contributed by atoms with van der Waals surface area (Å²) in [5.41, 5.74) is 4.62. The summed E-state index contributed by atoms with van der Waals surface area (Å²) in [6, 6.07) is 7.19. The van der Waals surface area contributed by atoms with E-state index >= 15 is 0 Å². The Kier molecular flexibility index (Phi) is 7.61. The standard InChI is InChI=1S/C23H27F3N6O2/c24-23(25,26)17-5-1-15(2-6-17)14-32-11-8-22(7-10-27,9-12-32)30-13-18(20(29)33)19(28)31-21(34)16-3-4-16/h1-2,5-6,13,16,30H,3-4,7-9,11-12,14H2,(H2,29,33)(H2,28,31,34)/b18-13+. The highest BCUT2D eigenvalue weighted by Crippen LogP contribution is 2.31. The van der Waals surface area contributed by atoms with Gasteiger partial charge >= 0.3 is 6.18 Å². The first-order valence-electron chi connectivity index (χ1n) is 11.0. The Bertz CT molecular complexity index is 1000. The number of nitrogens with one attached hydrogen (secondary N) is 3. The fourth-order valence-corrected chi connectivity index (χ4v) is 3.85. The van der Waals surface area contributed by atoms with Crippen LogP contribution in [0.15, 0.2) is 36.0 Å². The van der Waals surface area contributed by atoms with Gasteiger partial charge in [0.25, 0.3) is 5.91 Å². The predicted octanol–water partition coefficient (Wildman–Crippen LogP) is 2.42. The molecular formula is C23H27F3N6O2. The Hall–Kier alpha value is -3.39. The van der Waals surface area contributed by atoms with Gasteiger partial charge in [-0.25, -0.2) is 0 Å². The van der Waals surface area contributed by atoms with Crippen LogP contribution in [0, 0.1) is 22.7 Å². The van der Waals surface area contributed by atoms with Gasteiger partial charge in [0, 0.05) is 31.8 Å². The van der Waals surface area contributed by atoms with E-state index in [9.17, 15) is 28.0 Å². The number of hydrogen-bond donors (Lipinski definition) is 4. The van der Waals surface area contributed by atoms with Crippen LogP contribution < -0.4 is 16.4 Å². The minimum absolute atomic E-state index is 0.138. The third-order valence-corrected chi connectivity index (χ3v) is 6.17. The predicted molar refractivity (Wildman–Crippen MR) is 118 cm³/mol. The van der Waals surface area contributed by atoms with Gasteiger partial charge in [0.05, 0.1) is 29.2 Å². The fraction of sp³-hybridized carbons (Fsp3) is 0.478. The molecule has 0 aromatic heterocycles. The topological polar surface area (TPSA) is 135 Å². The zero-order chi connectivity index (χ0) is 24.9. The Labute approximate surface area is 195 Å². The molecule has 2 fully saturated rings. The number of carbonyl (C=O) groups is 2. The van der Waals surface area contributed by atoms with Crippen LogP contribution in [0.2, 0.25) is 0 Å². The first kappa shape index (κ1) is 25.2. The maximum absolute atomic E-state index is 12.8. The van der Waals surface area contributed by atoms with Crippen molar-refractivity contribution < 1.29 is 22.8 Å². The molecule has 8 nitrogen and oxygen atoms in total. The Morgan fingerprint density at radius 3 is 2.35 bits per heavy atom. The van der Waals surface area contributed by atoms with Crippen molar-refractivity contribution in [3.05, 3.63) is 47.2 Å². The molecule has 3 rings (SSSR count). The number of carbonyl (C=O) groups excluding carboxylic acids is 2. The molecule has 1 heterocycles. The van der Waals surface area contributed by atoms with E-state index in [1.807, 2.05) is 0 Å². The number of hydrogen-bond acceptors (Lipinski definition) is 6. The van der Waals surface area contributed by atoms with E-state index in [1.165, 1.54) is 18.3 Å². The number of halogens is 3. The second-order valence-corrected chi connectivity index (χ2v) is 8.79. The Morgan fingerprint density at radius 1 is 1.24 bits per heavy atom. The summed E-state index contributed by atoms with van der Waals surface area (Å²) in [4.78, 5) is 25.9. The lowest BCUT2D eigenvalue weighted by Gasteiger charge is -2.41. The second kappa shape index (κ2) is 10.3. The van der Waals surface area contributed by atoms with Gasteiger partial charge in [0.2, 0.25) is 5.91 Å². The molecule has 0 bridgehead atoms. The van der Waals surface area contributed by atoms with Crippen LogP contribution in [0.5, 0.6) is 0 Å². The molecule has 0 atom stereocenters. The van der Waals surface area contributed by atoms with Crippen molar-refractivity contribution in [1.29, 1.82) is 10.7 Å². The summed E-state index contributed by atoms with van der Waals surface area (Å²) in [6.07, 6.45) is -0.369. The van der Waals surface area contributed by atoms with Crippen LogP contribution in [0.3, 0.4) is 0 Å². The molecule has 5 N–H and O–H groups in total. The van der Waals surface area contributed by atoms with Crippen molar-refractivity contribution >= 4 is 17.6 Å². The van der Waals surface area contributed by atoms with Gasteiger partial charge in [-0.15, -0.1) is 0 Å². The lowest BCUT2D eigenvalue weighted by atomic mass is 9.84. The molecule has 182 valence electrons. The highest BCUT2D eigenvalue weighted by molar-refractivity contribution is 6.22. The van der Waals surface area contributed by atoms with Gasteiger partial charge in [-0.3, -0.25) is 19.9 Å². The quantitative estimate of drug-likeness (QED) is 0.260. The largest absolute Gasteiger partial charge is 0.416 e. The lowest BCUT2D eigenvalue weighted by Crippen LogP contribution is -2.51. The average Bonchev–Trinajstić information content (AvgIpc) is 3.61. The molecule has 0 unspecified atom stereocenters. The second-order valence-electron chi connectivity index (χ2n) is 8.79. The van der Waals surface area contributed by atoms with Crippen LogP contribution in [-0.2, 0) is 22.3 Å². The molecule has 1 saturated carbocycles. The molecule has 1 saturated heterocycles. The number of piperidine rings is 1. The van der Waals surface area contributed by atoms with E-state index < -0.39 is 23.2 Å². The Balaban J connectivity index is 1.61. The van der Waals surface area contributed by atoms with Crippen LogP contribution in [0.25, 0.3) is 0 Å². The maximum atomic E-state index is 12.8. The third kappa shape index (κ3) is 6.57. The molecule has 11 heteroatoms. The lowest BCUT2D eigenvalue weighted by molar-refractivity contribution is -0.137. The number of amidine groups is 1. The van der Waals surface area contributed by atoms with E-state index in [0.29, 0.717) is 32.5 Å². The molecule has 34 heavy (non-hydrogen) atoms. The summed E-state index contributed by atoms with van der Waals surface area (Å²) < 4.78 is 38.3. The van der Waals surface area contributed by atoms with Crippen LogP contribution in [0.4, 0.5) is 13.2 Å². The monoisotopic (exact) mass is 476 g/mol. The molecular weight excluding hydrogens is 449 g/mol. The summed E-state index contributed by atoms with van der Waals surface area (Å²) in [6.45, 7) is 1.62. The highest BCUT2D eigenvalue weighted by atomic mass is 19.4. The van der Waals surface area contributed by atoms with E-state index in [-0.39, 0.29) is 29.7 Å². The highest BCUT2D eigenvalue weighted by Gasteiger charge is 2.35. The van der Waals surface area contributed by atoms with Gasteiger partial charge in [-0.1, -0.05) is 12.1 Å². The number of alkyl halides is 3. The van der Waals surface area contributed by atoms with Crippen molar-refractivity contribution in [3.63, 3.8) is 0 Å². The summed E-state index contributed by atoms with van der Waals surface area (Å²) in [7, 11) is 0. The van der Waals surface area contributed by atoms with Crippen molar-refractivity contribution in [3.8, 4) is 6.07 Å². The number of benzene rings is 1. The fourth-order valence-electron chi connectivity index (χ4n) is 3.85. The minimum atomic E-state index is -4.37. The number of nitrogens with zero attached hydrogens (tertiary/aromatic N) is 2. The first-order valence-corrected chi connectivity index (χ1v) is 11.0. The zero-order valence-electron chi connectivity index (χ0n) is 18.5. The number of nitriles is 1. The van der Waals surface area contributed by atoms with Gasteiger partial charge in [-0.05, 0) is 43.4 Å². The molecule has 0 spiro atoms. The van der Waals surface area contributed by atoms with Gasteiger partial charge in [0.1, 0.15) is 5.84 Å². The molecule has 1 aliphatic carbocycles. The molecule has 0 radical (unpaired) electrons. The van der Waals surface area contributed by atoms with Crippen LogP contribution in [0.1, 0.15) is 43.2 Å². The molecule has 1 aromatic carbocycles. The van der Waals surface area contributed by atoms with Gasteiger partial charge in [0.15, 0.2) is 0 Å². The summed E-state index contributed by atoms with van der Waals surface area (Å²) in [5.74, 6) is -1.72. The van der Waals surface area contributed by atoms with Crippen molar-refractivity contribution in [2.45, 2.75) is 50.4 Å². The van der Waals surface area contributed by atoms with Gasteiger partial charge in [-0.2, -0.15) is 18.4 Å². The number of rotatable bonds is 8. The van der Waals surface area contributed by atoms with E-state index in [4.69, 9.17) is 11.1 Å². The number of likely N-dealkylation sites (tertiary alicyclic amines) is 1. The molecule has 2 aliphatic rings. The maximum Gasteiger partial charge on any atom is 0.416 e. The number of nitrogens with two attached hydrogens (primary N) is 1. The normalized spacial score (nSPS) is 18.6. The van der Waals surface area contributed by atoms with E-state index in [1.54, 1.807) is 0 Å². The Morgan fingerprint density at radius 2 is 1.85 bits per heavy atom. The molecule has 2 amide bonds. The van der Waals surface area contributed by atoms with Crippen LogP contribution >= 0.6 is 0 Å². The number of primary amides is 1. The molecule has 1 aliphatic heterocycles. The van der Waals surface area contributed by atoms with E-state index in [2.05, 4.69) is 21.6 Å². The van der Waals surface area contributed by atoms with Crippen molar-refractivity contribution in [2.75, 3.05) is 13.1 Å². The SMILES string of the molecule is N#CCC1(N/C=C(\C(=N)NC(=O)C2CC2)C(N)=O)CCN(Cc2ccc(C(F)(F)F)cc2)CC1. The summed E-state index contributed by atoms with van der Waals surface area (Å²) in [5, 5.41) is 22.9. The zero-order valence-corrected chi connectivity index (χ0v) is 18.5. The average molecular weight is 477 g/mol. The van der Waals surface area contributed by atoms with Crippen molar-refractivity contribution in [1.82, 2.24) is 15.5 Å². The van der Waals surface area contributed by atoms with E-state index in [0.717, 1.165) is 30.5 Å². The first-order chi connectivity index (χ1) is 16.0. The number of amides is 2. The summed E-state index contributed by atoms with van der Waals surface area (Å²) >= 11 is 0. The van der Waals surface area contributed by atoms with Gasteiger partial charge < -0.3 is 16.4 Å².